The summed E-state index contributed by atoms with van der Waals surface area (Å²) >= 11 is 5.92. The predicted octanol–water partition coefficient (Wildman–Crippen LogP) is 4.13. The van der Waals surface area contributed by atoms with Crippen molar-refractivity contribution >= 4 is 40.1 Å². The molecule has 0 atom stereocenters. The summed E-state index contributed by atoms with van der Waals surface area (Å²) in [6.07, 6.45) is 1.55. The van der Waals surface area contributed by atoms with E-state index in [4.69, 9.17) is 25.5 Å². The Hall–Kier alpha value is -2.99. The van der Waals surface area contributed by atoms with E-state index < -0.39 is 18.5 Å². The van der Waals surface area contributed by atoms with Crippen LogP contribution in [0.1, 0.15) is 11.1 Å². The summed E-state index contributed by atoms with van der Waals surface area (Å²) in [7, 11) is 1.48. The fourth-order valence-corrected chi connectivity index (χ4v) is 2.82. The van der Waals surface area contributed by atoms with Crippen LogP contribution in [0.5, 0.6) is 5.75 Å². The molecule has 6 nitrogen and oxygen atoms in total. The molecule has 1 N–H and O–H groups in total. The number of carbonyl (C=O) groups is 2. The van der Waals surface area contributed by atoms with E-state index in [0.717, 1.165) is 10.9 Å². The lowest BCUT2D eigenvalue weighted by molar-refractivity contribution is -0.146. The molecule has 140 valence electrons. The molecule has 0 aliphatic rings. The number of benzene rings is 2. The zero-order valence-electron chi connectivity index (χ0n) is 14.9. The first kappa shape index (κ1) is 18.8. The Morgan fingerprint density at radius 2 is 2.00 bits per heavy atom. The van der Waals surface area contributed by atoms with Crippen molar-refractivity contribution in [1.29, 1.82) is 0 Å². The minimum atomic E-state index is -0.522. The number of nitrogens with one attached hydrogen (secondary N) is 1. The zero-order chi connectivity index (χ0) is 19.4. The van der Waals surface area contributed by atoms with Crippen LogP contribution in [0.15, 0.2) is 47.1 Å². The summed E-state index contributed by atoms with van der Waals surface area (Å²) in [5.41, 5.74) is 2.90. The molecule has 2 aromatic carbocycles. The molecule has 3 rings (SSSR count). The second-order valence-corrected chi connectivity index (χ2v) is 6.43. The average Bonchev–Trinajstić information content (AvgIpc) is 3.02. The molecule has 0 unspecified atom stereocenters. The van der Waals surface area contributed by atoms with Crippen LogP contribution in [0.2, 0.25) is 5.02 Å². The highest BCUT2D eigenvalue weighted by atomic mass is 35.5. The first-order chi connectivity index (χ1) is 13.0. The molecule has 0 saturated heterocycles. The molecule has 27 heavy (non-hydrogen) atoms. The van der Waals surface area contributed by atoms with E-state index in [9.17, 15) is 9.59 Å². The summed E-state index contributed by atoms with van der Waals surface area (Å²) in [6.45, 7) is 1.55. The molecule has 0 fully saturated rings. The van der Waals surface area contributed by atoms with Gasteiger partial charge in [0.05, 0.1) is 25.5 Å². The SMILES string of the molecule is COc1ccc(Cl)cc1NC(=O)COC(=O)Cc1coc2cc(C)ccc12. The zero-order valence-corrected chi connectivity index (χ0v) is 15.6. The Morgan fingerprint density at radius 1 is 1.19 bits per heavy atom. The molecule has 0 bridgehead atoms. The molecule has 1 amide bonds. The van der Waals surface area contributed by atoms with Crippen molar-refractivity contribution in [2.45, 2.75) is 13.3 Å². The van der Waals surface area contributed by atoms with Gasteiger partial charge in [-0.1, -0.05) is 23.7 Å². The van der Waals surface area contributed by atoms with Gasteiger partial charge in [-0.05, 0) is 36.8 Å². The number of ether oxygens (including phenoxy) is 2. The molecule has 3 aromatic rings. The molecule has 1 aromatic heterocycles. The first-order valence-corrected chi connectivity index (χ1v) is 8.60. The summed E-state index contributed by atoms with van der Waals surface area (Å²) in [5.74, 6) is -0.553. The van der Waals surface area contributed by atoms with Crippen molar-refractivity contribution in [2.75, 3.05) is 19.0 Å². The van der Waals surface area contributed by atoms with Gasteiger partial charge in [-0.2, -0.15) is 0 Å². The van der Waals surface area contributed by atoms with E-state index in [2.05, 4.69) is 5.32 Å². The van der Waals surface area contributed by atoms with Crippen molar-refractivity contribution in [1.82, 2.24) is 0 Å². The highest BCUT2D eigenvalue weighted by Gasteiger charge is 2.14. The van der Waals surface area contributed by atoms with Crippen LogP contribution in [-0.4, -0.2) is 25.6 Å². The summed E-state index contributed by atoms with van der Waals surface area (Å²) in [5, 5.41) is 3.91. The number of fused-ring (bicyclic) bond motifs is 1. The molecule has 0 spiro atoms. The summed E-state index contributed by atoms with van der Waals surface area (Å²) in [6, 6.07) is 10.6. The summed E-state index contributed by atoms with van der Waals surface area (Å²) in [4.78, 5) is 24.1. The number of anilines is 1. The van der Waals surface area contributed by atoms with E-state index in [1.807, 2.05) is 25.1 Å². The Bertz CT molecular complexity index is 995. The van der Waals surface area contributed by atoms with Crippen molar-refractivity contribution < 1.29 is 23.5 Å². The van der Waals surface area contributed by atoms with Gasteiger partial charge in [0, 0.05) is 16.0 Å². The Balaban J connectivity index is 1.57. The quantitative estimate of drug-likeness (QED) is 0.643. The number of rotatable bonds is 6. The third-order valence-electron chi connectivity index (χ3n) is 3.95. The maximum Gasteiger partial charge on any atom is 0.310 e. The van der Waals surface area contributed by atoms with Gasteiger partial charge in [0.25, 0.3) is 5.91 Å². The van der Waals surface area contributed by atoms with Crippen molar-refractivity contribution in [3.05, 3.63) is 58.8 Å². The highest BCUT2D eigenvalue weighted by molar-refractivity contribution is 6.31. The number of aryl methyl sites for hydroxylation is 1. The lowest BCUT2D eigenvalue weighted by Crippen LogP contribution is -2.21. The maximum absolute atomic E-state index is 12.1. The number of furan rings is 1. The predicted molar refractivity (Wildman–Crippen MR) is 102 cm³/mol. The third-order valence-corrected chi connectivity index (χ3v) is 4.18. The maximum atomic E-state index is 12.1. The van der Waals surface area contributed by atoms with Gasteiger partial charge < -0.3 is 19.2 Å². The molecule has 1 heterocycles. The van der Waals surface area contributed by atoms with E-state index in [1.165, 1.54) is 13.4 Å². The van der Waals surface area contributed by atoms with Gasteiger partial charge >= 0.3 is 5.97 Å². The number of hydrogen-bond acceptors (Lipinski definition) is 5. The molecule has 0 aliphatic heterocycles. The second-order valence-electron chi connectivity index (χ2n) is 5.99. The van der Waals surface area contributed by atoms with Gasteiger partial charge in [0.15, 0.2) is 6.61 Å². The normalized spacial score (nSPS) is 10.6. The Labute approximate surface area is 161 Å². The van der Waals surface area contributed by atoms with Crippen LogP contribution < -0.4 is 10.1 Å². The molecule has 0 saturated carbocycles. The van der Waals surface area contributed by atoms with Crippen molar-refractivity contribution in [2.24, 2.45) is 0 Å². The monoisotopic (exact) mass is 387 g/mol. The Kier molecular flexibility index (Phi) is 5.66. The number of hydrogen-bond donors (Lipinski definition) is 1. The smallest absolute Gasteiger partial charge is 0.310 e. The van der Waals surface area contributed by atoms with E-state index in [1.54, 1.807) is 18.2 Å². The number of halogens is 1. The minimum absolute atomic E-state index is 0.0177. The summed E-state index contributed by atoms with van der Waals surface area (Å²) < 4.78 is 15.7. The average molecular weight is 388 g/mol. The van der Waals surface area contributed by atoms with Gasteiger partial charge in [0.2, 0.25) is 0 Å². The van der Waals surface area contributed by atoms with Crippen LogP contribution in [0, 0.1) is 6.92 Å². The van der Waals surface area contributed by atoms with Gasteiger partial charge in [0.1, 0.15) is 11.3 Å². The van der Waals surface area contributed by atoms with E-state index in [-0.39, 0.29) is 6.42 Å². The number of carbonyl (C=O) groups excluding carboxylic acids is 2. The minimum Gasteiger partial charge on any atom is -0.495 e. The van der Waals surface area contributed by atoms with Crippen LogP contribution in [0.25, 0.3) is 11.0 Å². The van der Waals surface area contributed by atoms with Crippen LogP contribution >= 0.6 is 11.6 Å². The fraction of sp³-hybridized carbons (Fsp3) is 0.200. The first-order valence-electron chi connectivity index (χ1n) is 8.22. The van der Waals surface area contributed by atoms with E-state index in [0.29, 0.717) is 27.6 Å². The second kappa shape index (κ2) is 8.14. The van der Waals surface area contributed by atoms with E-state index >= 15 is 0 Å². The molecule has 0 radical (unpaired) electrons. The number of methoxy groups -OCH3 is 1. The molecular weight excluding hydrogens is 370 g/mol. The van der Waals surface area contributed by atoms with Gasteiger partial charge in [-0.25, -0.2) is 0 Å². The van der Waals surface area contributed by atoms with Crippen LogP contribution in [0.3, 0.4) is 0 Å². The molecule has 0 aliphatic carbocycles. The third kappa shape index (κ3) is 4.60. The molecule has 7 heteroatoms. The van der Waals surface area contributed by atoms with Gasteiger partial charge in [-0.15, -0.1) is 0 Å². The lowest BCUT2D eigenvalue weighted by atomic mass is 10.1. The topological polar surface area (TPSA) is 77.8 Å². The largest absolute Gasteiger partial charge is 0.495 e. The highest BCUT2D eigenvalue weighted by Crippen LogP contribution is 2.27. The van der Waals surface area contributed by atoms with Gasteiger partial charge in [-0.3, -0.25) is 9.59 Å². The molecular formula is C20H18ClNO5. The van der Waals surface area contributed by atoms with Crippen molar-refractivity contribution in [3.8, 4) is 5.75 Å². The standard InChI is InChI=1S/C20H18ClNO5/c1-12-3-5-15-13(10-26-18(15)7-12)8-20(24)27-11-19(23)22-16-9-14(21)4-6-17(16)25-2/h3-7,9-10H,8,11H2,1-2H3,(H,22,23). The van der Waals surface area contributed by atoms with Crippen LogP contribution in [0.4, 0.5) is 5.69 Å². The number of amides is 1. The van der Waals surface area contributed by atoms with Crippen molar-refractivity contribution in [3.63, 3.8) is 0 Å². The van der Waals surface area contributed by atoms with Crippen LogP contribution in [-0.2, 0) is 20.7 Å². The Morgan fingerprint density at radius 3 is 2.78 bits per heavy atom. The number of esters is 1. The fourth-order valence-electron chi connectivity index (χ4n) is 2.64. The lowest BCUT2D eigenvalue weighted by Gasteiger charge is -2.10.